The number of nitrogens with zero attached hydrogens (tertiary/aromatic N) is 5. The van der Waals surface area contributed by atoms with Gasteiger partial charge in [-0.1, -0.05) is 0 Å². The van der Waals surface area contributed by atoms with Gasteiger partial charge in [0.25, 0.3) is 11.8 Å². The van der Waals surface area contributed by atoms with Crippen molar-refractivity contribution in [3.63, 3.8) is 0 Å². The van der Waals surface area contributed by atoms with Gasteiger partial charge in [0.05, 0.1) is 35.4 Å². The van der Waals surface area contributed by atoms with E-state index >= 15 is 0 Å². The maximum Gasteiger partial charge on any atom is 0.416 e. The monoisotopic (exact) mass is 570 g/mol. The Kier molecular flexibility index (Phi) is 7.87. The molecule has 0 aliphatic carbocycles. The molecule has 1 fully saturated rings. The van der Waals surface area contributed by atoms with E-state index < -0.39 is 41.0 Å². The van der Waals surface area contributed by atoms with Crippen molar-refractivity contribution in [2.24, 2.45) is 0 Å². The van der Waals surface area contributed by atoms with Crippen molar-refractivity contribution in [1.82, 2.24) is 30.0 Å². The van der Waals surface area contributed by atoms with E-state index in [0.29, 0.717) is 37.4 Å². The van der Waals surface area contributed by atoms with Crippen LogP contribution in [-0.4, -0.2) is 62.3 Å². The van der Waals surface area contributed by atoms with Gasteiger partial charge >= 0.3 is 12.4 Å². The van der Waals surface area contributed by atoms with E-state index in [1.807, 2.05) is 6.92 Å². The second kappa shape index (κ2) is 10.9. The van der Waals surface area contributed by atoms with Crippen molar-refractivity contribution in [3.8, 4) is 5.82 Å². The number of benzene rings is 1. The minimum atomic E-state index is -5.10. The molecule has 0 spiro atoms. The number of carbonyl (C=O) groups is 2. The van der Waals surface area contributed by atoms with E-state index in [-0.39, 0.29) is 35.5 Å². The lowest BCUT2D eigenvalue weighted by Crippen LogP contribution is -2.44. The van der Waals surface area contributed by atoms with Crippen LogP contribution >= 0.6 is 0 Å². The number of morpholine rings is 1. The van der Waals surface area contributed by atoms with Crippen molar-refractivity contribution in [1.29, 1.82) is 0 Å². The average Bonchev–Trinajstić information content (AvgIpc) is 3.29. The standard InChI is InChI=1S/C25H24F6N6O3/c1-13-12-36(6-7-40-13)23(39)16-4-5-20(32-11-16)37-21(34-15(3)35-37)14(2)33-22(38)17-8-18(24(26,27)28)10-19(9-17)25(29,30)31/h4-5,8-11,13-14H,6-7,12H2,1-3H3,(H,33,38)/t13-,14+/m1/s1. The third-order valence-electron chi connectivity index (χ3n) is 6.06. The number of nitrogens with one attached hydrogen (secondary N) is 1. The number of ether oxygens (including phenoxy) is 1. The number of carbonyl (C=O) groups excluding carboxylic acids is 2. The van der Waals surface area contributed by atoms with Crippen LogP contribution in [0.1, 0.15) is 63.4 Å². The maximum absolute atomic E-state index is 13.2. The molecule has 3 heterocycles. The molecular formula is C25H24F6N6O3. The third kappa shape index (κ3) is 6.41. The van der Waals surface area contributed by atoms with Crippen LogP contribution in [0.25, 0.3) is 5.82 Å². The summed E-state index contributed by atoms with van der Waals surface area (Å²) in [5.41, 5.74) is -3.72. The van der Waals surface area contributed by atoms with Crippen molar-refractivity contribution in [3.05, 3.63) is 70.4 Å². The lowest BCUT2D eigenvalue weighted by molar-refractivity contribution is -0.143. The Morgan fingerprint density at radius 1 is 1.05 bits per heavy atom. The predicted octanol–water partition coefficient (Wildman–Crippen LogP) is 4.36. The summed E-state index contributed by atoms with van der Waals surface area (Å²) in [5, 5.41) is 6.60. The number of aryl methyl sites for hydroxylation is 1. The van der Waals surface area contributed by atoms with Crippen LogP contribution in [-0.2, 0) is 17.1 Å². The molecule has 1 saturated heterocycles. The van der Waals surface area contributed by atoms with E-state index in [2.05, 4.69) is 20.4 Å². The maximum atomic E-state index is 13.2. The molecule has 2 aromatic heterocycles. The summed E-state index contributed by atoms with van der Waals surface area (Å²) in [6.45, 7) is 6.13. The van der Waals surface area contributed by atoms with Gasteiger partial charge in [-0.3, -0.25) is 9.59 Å². The molecule has 0 bridgehead atoms. The number of alkyl halides is 6. The number of amides is 2. The zero-order valence-electron chi connectivity index (χ0n) is 21.5. The Labute approximate surface area is 224 Å². The van der Waals surface area contributed by atoms with Gasteiger partial charge in [-0.25, -0.2) is 9.97 Å². The van der Waals surface area contributed by atoms with Crippen molar-refractivity contribution >= 4 is 11.8 Å². The molecule has 3 aromatic rings. The summed E-state index contributed by atoms with van der Waals surface area (Å²) < 4.78 is 86.0. The van der Waals surface area contributed by atoms with Crippen LogP contribution in [0.5, 0.6) is 0 Å². The lowest BCUT2D eigenvalue weighted by atomic mass is 10.0. The van der Waals surface area contributed by atoms with Crippen LogP contribution in [0.4, 0.5) is 26.3 Å². The van der Waals surface area contributed by atoms with Gasteiger partial charge in [0, 0.05) is 24.8 Å². The van der Waals surface area contributed by atoms with Crippen molar-refractivity contribution in [2.45, 2.75) is 45.3 Å². The number of rotatable bonds is 5. The highest BCUT2D eigenvalue weighted by molar-refractivity contribution is 5.95. The SMILES string of the molecule is Cc1nc([C@H](C)NC(=O)c2cc(C(F)(F)F)cc(C(F)(F)F)c2)n(-c2ccc(C(=O)N3CCO[C@H](C)C3)cn2)n1. The van der Waals surface area contributed by atoms with E-state index in [1.165, 1.54) is 29.9 Å². The molecule has 0 radical (unpaired) electrons. The number of halogens is 6. The molecule has 1 aliphatic rings. The summed E-state index contributed by atoms with van der Waals surface area (Å²) in [4.78, 5) is 35.7. The Morgan fingerprint density at radius 3 is 2.25 bits per heavy atom. The number of aromatic nitrogens is 4. The Hall–Kier alpha value is -4.01. The molecule has 2 atom stereocenters. The number of pyridine rings is 1. The van der Waals surface area contributed by atoms with Gasteiger partial charge < -0.3 is 15.0 Å². The van der Waals surface area contributed by atoms with Crippen molar-refractivity contribution in [2.75, 3.05) is 19.7 Å². The Balaban J connectivity index is 1.56. The first-order valence-electron chi connectivity index (χ1n) is 12.0. The summed E-state index contributed by atoms with van der Waals surface area (Å²) in [6.07, 6.45) is -8.95. The van der Waals surface area contributed by atoms with Gasteiger partial charge in [-0.05, 0) is 51.1 Å². The smallest absolute Gasteiger partial charge is 0.375 e. The highest BCUT2D eigenvalue weighted by Crippen LogP contribution is 2.36. The molecule has 0 saturated carbocycles. The van der Waals surface area contributed by atoms with Gasteiger partial charge in [0.15, 0.2) is 11.6 Å². The Bertz CT molecular complexity index is 1370. The van der Waals surface area contributed by atoms with Gasteiger partial charge in [0.2, 0.25) is 0 Å². The highest BCUT2D eigenvalue weighted by Gasteiger charge is 2.37. The van der Waals surface area contributed by atoms with Crippen molar-refractivity contribution < 1.29 is 40.7 Å². The van der Waals surface area contributed by atoms with Gasteiger partial charge in [-0.2, -0.15) is 31.0 Å². The topological polar surface area (TPSA) is 102 Å². The highest BCUT2D eigenvalue weighted by atomic mass is 19.4. The molecule has 214 valence electrons. The van der Waals surface area contributed by atoms with Gasteiger partial charge in [0.1, 0.15) is 5.82 Å². The van der Waals surface area contributed by atoms with Gasteiger partial charge in [-0.15, -0.1) is 5.10 Å². The Morgan fingerprint density at radius 2 is 1.70 bits per heavy atom. The molecule has 4 rings (SSSR count). The van der Waals surface area contributed by atoms with Crippen LogP contribution in [0.15, 0.2) is 36.5 Å². The fourth-order valence-electron chi connectivity index (χ4n) is 4.13. The second-order valence-electron chi connectivity index (χ2n) is 9.26. The minimum Gasteiger partial charge on any atom is -0.375 e. The summed E-state index contributed by atoms with van der Waals surface area (Å²) in [7, 11) is 0. The minimum absolute atomic E-state index is 0.0556. The van der Waals surface area contributed by atoms with Crippen LogP contribution in [0.3, 0.4) is 0 Å². The largest absolute Gasteiger partial charge is 0.416 e. The number of hydrogen-bond acceptors (Lipinski definition) is 6. The van der Waals surface area contributed by atoms with Crippen LogP contribution in [0.2, 0.25) is 0 Å². The molecule has 15 heteroatoms. The third-order valence-corrected chi connectivity index (χ3v) is 6.06. The second-order valence-corrected chi connectivity index (χ2v) is 9.26. The molecule has 1 N–H and O–H groups in total. The number of hydrogen-bond donors (Lipinski definition) is 1. The molecule has 40 heavy (non-hydrogen) atoms. The fraction of sp³-hybridized carbons (Fsp3) is 0.400. The zero-order chi connectivity index (χ0) is 29.4. The normalized spacial score (nSPS) is 17.0. The summed E-state index contributed by atoms with van der Waals surface area (Å²) >= 11 is 0. The summed E-state index contributed by atoms with van der Waals surface area (Å²) in [5.74, 6) is -0.808. The lowest BCUT2D eigenvalue weighted by Gasteiger charge is -2.31. The average molecular weight is 570 g/mol. The quantitative estimate of drug-likeness (QED) is 0.458. The first-order chi connectivity index (χ1) is 18.6. The first-order valence-corrected chi connectivity index (χ1v) is 12.0. The first kappa shape index (κ1) is 29.0. The fourth-order valence-corrected chi connectivity index (χ4v) is 4.13. The molecule has 1 aliphatic heterocycles. The van der Waals surface area contributed by atoms with Crippen LogP contribution < -0.4 is 5.32 Å². The van der Waals surface area contributed by atoms with E-state index in [4.69, 9.17) is 4.74 Å². The predicted molar refractivity (Wildman–Crippen MR) is 128 cm³/mol. The molecule has 0 unspecified atom stereocenters. The molecule has 1 aromatic carbocycles. The molecular weight excluding hydrogens is 546 g/mol. The van der Waals surface area contributed by atoms with E-state index in [9.17, 15) is 35.9 Å². The van der Waals surface area contributed by atoms with E-state index in [0.717, 1.165) is 0 Å². The van der Waals surface area contributed by atoms with E-state index in [1.54, 1.807) is 11.8 Å². The zero-order valence-corrected chi connectivity index (χ0v) is 21.5. The van der Waals surface area contributed by atoms with Crippen LogP contribution in [0, 0.1) is 6.92 Å². The molecule has 9 nitrogen and oxygen atoms in total. The summed E-state index contributed by atoms with van der Waals surface area (Å²) in [6, 6.07) is 2.68. The molecule has 2 amide bonds.